The lowest BCUT2D eigenvalue weighted by atomic mass is 10.2. The fourth-order valence-corrected chi connectivity index (χ4v) is 3.46. The number of carbonyl (C=O) groups is 1. The van der Waals surface area contributed by atoms with E-state index in [0.29, 0.717) is 25.5 Å². The van der Waals surface area contributed by atoms with Crippen molar-refractivity contribution in [1.29, 1.82) is 0 Å². The second kappa shape index (κ2) is 14.0. The zero-order valence-corrected chi connectivity index (χ0v) is 22.0. The molecule has 1 amide bonds. The van der Waals surface area contributed by atoms with E-state index in [4.69, 9.17) is 14.5 Å². The fraction of sp³-hybridized carbons (Fsp3) is 0.440. The van der Waals surface area contributed by atoms with Gasteiger partial charge in [-0.2, -0.15) is 0 Å². The molecular weight excluding hydrogens is 531 g/mol. The highest BCUT2D eigenvalue weighted by atomic mass is 127. The lowest BCUT2D eigenvalue weighted by molar-refractivity contribution is -0.117. The Hall–Kier alpha value is -2.33. The standard InChI is InChI=1S/C25H34N4O3.HI/c1-19(2)32-23-13-9-21(10-14-23)28-25(26-15-5-17-31-3)27-18-20-7-11-22(12-8-20)29-16-4-6-24(29)30;/h7-14,19H,4-6,15-18H2,1-3H3,(H2,26,27,28);1H. The number of carbonyl (C=O) groups excluding carboxylic acids is 1. The minimum Gasteiger partial charge on any atom is -0.491 e. The van der Waals surface area contributed by atoms with Crippen LogP contribution in [0.5, 0.6) is 5.75 Å². The number of halogens is 1. The van der Waals surface area contributed by atoms with Gasteiger partial charge in [-0.15, -0.1) is 24.0 Å². The Morgan fingerprint density at radius 2 is 1.85 bits per heavy atom. The Kier molecular flexibility index (Phi) is 11.5. The molecule has 0 aromatic heterocycles. The number of benzene rings is 2. The molecule has 1 saturated heterocycles. The SMILES string of the molecule is COCCCNC(=NCc1ccc(N2CCCC2=O)cc1)Nc1ccc(OC(C)C)cc1.I. The Bertz CT molecular complexity index is 886. The molecular formula is C25H35IN4O3. The normalized spacial score (nSPS) is 13.8. The summed E-state index contributed by atoms with van der Waals surface area (Å²) in [7, 11) is 1.70. The number of nitrogens with one attached hydrogen (secondary N) is 2. The fourth-order valence-electron chi connectivity index (χ4n) is 3.46. The first kappa shape index (κ1) is 26.9. The lowest BCUT2D eigenvalue weighted by Crippen LogP contribution is -2.32. The van der Waals surface area contributed by atoms with Crippen LogP contribution >= 0.6 is 24.0 Å². The van der Waals surface area contributed by atoms with Gasteiger partial charge < -0.3 is 25.0 Å². The van der Waals surface area contributed by atoms with Gasteiger partial charge in [-0.3, -0.25) is 4.79 Å². The third kappa shape index (κ3) is 8.85. The molecule has 0 bridgehead atoms. The molecule has 2 aromatic carbocycles. The summed E-state index contributed by atoms with van der Waals surface area (Å²) in [5.41, 5.74) is 2.97. The average molecular weight is 566 g/mol. The van der Waals surface area contributed by atoms with Crippen LogP contribution in [0.1, 0.15) is 38.7 Å². The molecule has 0 atom stereocenters. The molecule has 7 nitrogen and oxygen atoms in total. The molecule has 1 heterocycles. The Morgan fingerprint density at radius 1 is 1.12 bits per heavy atom. The third-order valence-electron chi connectivity index (χ3n) is 5.05. The van der Waals surface area contributed by atoms with Gasteiger partial charge in [0.15, 0.2) is 5.96 Å². The van der Waals surface area contributed by atoms with Gasteiger partial charge in [0.05, 0.1) is 12.6 Å². The molecule has 3 rings (SSSR count). The molecule has 0 spiro atoms. The number of ether oxygens (including phenoxy) is 2. The number of nitrogens with zero attached hydrogens (tertiary/aromatic N) is 2. The number of amides is 1. The first-order valence-corrected chi connectivity index (χ1v) is 11.3. The van der Waals surface area contributed by atoms with E-state index in [1.165, 1.54) is 0 Å². The predicted molar refractivity (Wildman–Crippen MR) is 145 cm³/mol. The van der Waals surface area contributed by atoms with Crippen LogP contribution in [0.2, 0.25) is 0 Å². The van der Waals surface area contributed by atoms with E-state index < -0.39 is 0 Å². The molecule has 8 heteroatoms. The molecule has 0 radical (unpaired) electrons. The van der Waals surface area contributed by atoms with Gasteiger partial charge in [-0.25, -0.2) is 4.99 Å². The van der Waals surface area contributed by atoms with Crippen molar-refractivity contribution in [2.24, 2.45) is 4.99 Å². The molecule has 1 fully saturated rings. The van der Waals surface area contributed by atoms with Crippen molar-refractivity contribution in [3.63, 3.8) is 0 Å². The minimum atomic E-state index is 0. The molecule has 0 saturated carbocycles. The number of hydrogen-bond donors (Lipinski definition) is 2. The quantitative estimate of drug-likeness (QED) is 0.187. The molecule has 33 heavy (non-hydrogen) atoms. The van der Waals surface area contributed by atoms with Gasteiger partial charge >= 0.3 is 0 Å². The highest BCUT2D eigenvalue weighted by molar-refractivity contribution is 14.0. The van der Waals surface area contributed by atoms with Crippen molar-refractivity contribution in [3.8, 4) is 5.75 Å². The van der Waals surface area contributed by atoms with E-state index in [1.54, 1.807) is 7.11 Å². The summed E-state index contributed by atoms with van der Waals surface area (Å²) < 4.78 is 10.8. The smallest absolute Gasteiger partial charge is 0.227 e. The van der Waals surface area contributed by atoms with Gasteiger partial charge in [0.1, 0.15) is 5.75 Å². The van der Waals surface area contributed by atoms with Crippen LogP contribution in [0.3, 0.4) is 0 Å². The Balaban J connectivity index is 0.00000385. The summed E-state index contributed by atoms with van der Waals surface area (Å²) in [6.45, 7) is 6.80. The second-order valence-electron chi connectivity index (χ2n) is 8.07. The van der Waals surface area contributed by atoms with Crippen molar-refractivity contribution >= 4 is 47.2 Å². The number of guanidine groups is 1. The zero-order chi connectivity index (χ0) is 22.8. The number of rotatable bonds is 10. The number of anilines is 2. The van der Waals surface area contributed by atoms with Gasteiger partial charge in [-0.05, 0) is 68.7 Å². The molecule has 0 unspecified atom stereocenters. The second-order valence-corrected chi connectivity index (χ2v) is 8.07. The van der Waals surface area contributed by atoms with Gasteiger partial charge in [-0.1, -0.05) is 12.1 Å². The van der Waals surface area contributed by atoms with Crippen LogP contribution in [-0.4, -0.2) is 44.8 Å². The Labute approximate surface area is 214 Å². The number of hydrogen-bond acceptors (Lipinski definition) is 4. The van der Waals surface area contributed by atoms with E-state index in [9.17, 15) is 4.79 Å². The predicted octanol–water partition coefficient (Wildman–Crippen LogP) is 4.81. The average Bonchev–Trinajstić information content (AvgIpc) is 3.22. The first-order chi connectivity index (χ1) is 15.5. The number of aliphatic imine (C=N–C) groups is 1. The molecule has 2 aromatic rings. The Morgan fingerprint density at radius 3 is 2.45 bits per heavy atom. The van der Waals surface area contributed by atoms with Gasteiger partial charge in [0.2, 0.25) is 5.91 Å². The van der Waals surface area contributed by atoms with Crippen molar-refractivity contribution in [2.45, 2.75) is 45.8 Å². The van der Waals surface area contributed by atoms with Crippen molar-refractivity contribution in [2.75, 3.05) is 37.0 Å². The zero-order valence-electron chi connectivity index (χ0n) is 19.7. The lowest BCUT2D eigenvalue weighted by Gasteiger charge is -2.16. The van der Waals surface area contributed by atoms with Crippen LogP contribution in [0, 0.1) is 0 Å². The molecule has 0 aliphatic carbocycles. The summed E-state index contributed by atoms with van der Waals surface area (Å²) in [5, 5.41) is 6.72. The summed E-state index contributed by atoms with van der Waals surface area (Å²) >= 11 is 0. The van der Waals surface area contributed by atoms with Gasteiger partial charge in [0.25, 0.3) is 0 Å². The van der Waals surface area contributed by atoms with E-state index in [0.717, 1.165) is 48.6 Å². The van der Waals surface area contributed by atoms with Crippen LogP contribution in [0.15, 0.2) is 53.5 Å². The van der Waals surface area contributed by atoms with Gasteiger partial charge in [0, 0.05) is 44.6 Å². The van der Waals surface area contributed by atoms with Crippen LogP contribution < -0.4 is 20.3 Å². The van der Waals surface area contributed by atoms with E-state index in [1.807, 2.05) is 67.3 Å². The summed E-state index contributed by atoms with van der Waals surface area (Å²) in [4.78, 5) is 18.5. The molecule has 1 aliphatic heterocycles. The van der Waals surface area contributed by atoms with E-state index in [2.05, 4.69) is 10.6 Å². The van der Waals surface area contributed by atoms with Crippen molar-refractivity contribution in [3.05, 3.63) is 54.1 Å². The van der Waals surface area contributed by atoms with Crippen LogP contribution in [0.25, 0.3) is 0 Å². The summed E-state index contributed by atoms with van der Waals surface area (Å²) in [6.07, 6.45) is 2.60. The first-order valence-electron chi connectivity index (χ1n) is 11.3. The van der Waals surface area contributed by atoms with E-state index >= 15 is 0 Å². The van der Waals surface area contributed by atoms with Crippen molar-refractivity contribution in [1.82, 2.24) is 5.32 Å². The maximum atomic E-state index is 11.9. The molecule has 2 N–H and O–H groups in total. The summed E-state index contributed by atoms with van der Waals surface area (Å²) in [6, 6.07) is 15.9. The summed E-state index contributed by atoms with van der Waals surface area (Å²) in [5.74, 6) is 1.75. The molecule has 180 valence electrons. The van der Waals surface area contributed by atoms with Crippen LogP contribution in [-0.2, 0) is 16.1 Å². The highest BCUT2D eigenvalue weighted by Crippen LogP contribution is 2.22. The minimum absolute atomic E-state index is 0. The maximum absolute atomic E-state index is 11.9. The number of methoxy groups -OCH3 is 1. The van der Waals surface area contributed by atoms with Crippen LogP contribution in [0.4, 0.5) is 11.4 Å². The third-order valence-corrected chi connectivity index (χ3v) is 5.05. The highest BCUT2D eigenvalue weighted by Gasteiger charge is 2.21. The monoisotopic (exact) mass is 566 g/mol. The topological polar surface area (TPSA) is 75.2 Å². The van der Waals surface area contributed by atoms with E-state index in [-0.39, 0.29) is 36.0 Å². The molecule has 1 aliphatic rings. The largest absolute Gasteiger partial charge is 0.491 e. The van der Waals surface area contributed by atoms with Crippen molar-refractivity contribution < 1.29 is 14.3 Å². The maximum Gasteiger partial charge on any atom is 0.227 e.